The molecule has 0 aliphatic carbocycles. The minimum atomic E-state index is -0.419. The van der Waals surface area contributed by atoms with Gasteiger partial charge in [0.2, 0.25) is 0 Å². The van der Waals surface area contributed by atoms with Crippen molar-refractivity contribution in [3.63, 3.8) is 0 Å². The smallest absolute Gasteiger partial charge is 0.407 e. The van der Waals surface area contributed by atoms with Crippen LogP contribution < -0.4 is 10.1 Å². The molecule has 1 aliphatic heterocycles. The fourth-order valence-electron chi connectivity index (χ4n) is 3.54. The van der Waals surface area contributed by atoms with Crippen molar-refractivity contribution in [2.24, 2.45) is 0 Å². The van der Waals surface area contributed by atoms with Gasteiger partial charge in [0.15, 0.2) is 6.23 Å². The van der Waals surface area contributed by atoms with Gasteiger partial charge in [-0.3, -0.25) is 0 Å². The first-order chi connectivity index (χ1) is 15.2. The van der Waals surface area contributed by atoms with Crippen molar-refractivity contribution in [3.05, 3.63) is 57.8 Å². The van der Waals surface area contributed by atoms with E-state index in [2.05, 4.69) is 33.0 Å². The second-order valence-electron chi connectivity index (χ2n) is 7.43. The predicted molar refractivity (Wildman–Crippen MR) is 126 cm³/mol. The molecule has 31 heavy (non-hydrogen) atoms. The van der Waals surface area contributed by atoms with Gasteiger partial charge in [-0.05, 0) is 72.0 Å². The molecule has 4 rings (SSSR count). The summed E-state index contributed by atoms with van der Waals surface area (Å²) in [6.45, 7) is 2.05. The molecule has 1 atom stereocenters. The predicted octanol–water partition coefficient (Wildman–Crippen LogP) is 5.04. The molecule has 0 saturated carbocycles. The summed E-state index contributed by atoms with van der Waals surface area (Å²) in [6.07, 6.45) is 3.55. The molecular formula is C23H26IN3O4. The molecule has 164 valence electrons. The van der Waals surface area contributed by atoms with Crippen molar-refractivity contribution in [3.8, 4) is 5.75 Å². The molecule has 1 aromatic heterocycles. The number of rotatable bonds is 8. The highest BCUT2D eigenvalue weighted by atomic mass is 127. The van der Waals surface area contributed by atoms with E-state index in [0.29, 0.717) is 19.6 Å². The second kappa shape index (κ2) is 10.8. The van der Waals surface area contributed by atoms with Crippen molar-refractivity contribution < 1.29 is 19.0 Å². The summed E-state index contributed by atoms with van der Waals surface area (Å²) >= 11 is 2.26. The minimum absolute atomic E-state index is 0.0132. The average molecular weight is 535 g/mol. The van der Waals surface area contributed by atoms with Crippen LogP contribution in [-0.2, 0) is 16.1 Å². The molecule has 7 nitrogen and oxygen atoms in total. The van der Waals surface area contributed by atoms with Crippen LogP contribution in [0.1, 0.15) is 37.5 Å². The van der Waals surface area contributed by atoms with Gasteiger partial charge in [-0.25, -0.2) is 9.48 Å². The van der Waals surface area contributed by atoms with E-state index in [1.54, 1.807) is 0 Å². The van der Waals surface area contributed by atoms with Crippen molar-refractivity contribution in [2.75, 3.05) is 19.8 Å². The highest BCUT2D eigenvalue weighted by Gasteiger charge is 2.20. The number of halogens is 1. The number of nitrogens with one attached hydrogen (secondary N) is 1. The highest BCUT2D eigenvalue weighted by Crippen LogP contribution is 2.30. The molecule has 1 amide bonds. The summed E-state index contributed by atoms with van der Waals surface area (Å²) in [7, 11) is 0. The Kier molecular flexibility index (Phi) is 7.63. The van der Waals surface area contributed by atoms with Crippen LogP contribution in [0.2, 0.25) is 0 Å². The first-order valence-corrected chi connectivity index (χ1v) is 11.7. The molecule has 1 N–H and O–H groups in total. The number of amides is 1. The Morgan fingerprint density at radius 1 is 1.23 bits per heavy atom. The number of ether oxygens (including phenoxy) is 3. The number of alkyl carbamates (subject to hydrolysis) is 1. The number of carbonyl (C=O) groups is 1. The van der Waals surface area contributed by atoms with E-state index in [1.165, 1.54) is 0 Å². The number of fused-ring (bicyclic) bond motifs is 1. The standard InChI is InChI=1S/C23H26IN3O4/c24-22-19-15-18(10-11-20(19)27(26-22)21-9-4-5-13-30-21)29-14-6-12-25-23(28)31-16-17-7-2-1-3-8-17/h1-3,7-8,10-11,15,21H,4-6,9,12-14,16H2,(H,25,28). The van der Waals surface area contributed by atoms with Crippen molar-refractivity contribution in [2.45, 2.75) is 38.5 Å². The summed E-state index contributed by atoms with van der Waals surface area (Å²) in [5, 5.41) is 8.50. The van der Waals surface area contributed by atoms with E-state index in [4.69, 9.17) is 14.2 Å². The number of nitrogens with zero attached hydrogens (tertiary/aromatic N) is 2. The number of hydrogen-bond donors (Lipinski definition) is 1. The molecule has 0 bridgehead atoms. The maximum absolute atomic E-state index is 11.8. The van der Waals surface area contributed by atoms with Gasteiger partial charge in [0.25, 0.3) is 0 Å². The molecule has 1 saturated heterocycles. The van der Waals surface area contributed by atoms with Crippen molar-refractivity contribution in [1.29, 1.82) is 0 Å². The quantitative estimate of drug-likeness (QED) is 0.324. The van der Waals surface area contributed by atoms with E-state index in [1.807, 2.05) is 53.2 Å². The summed E-state index contributed by atoms with van der Waals surface area (Å²) < 4.78 is 19.9. The van der Waals surface area contributed by atoms with Crippen LogP contribution >= 0.6 is 22.6 Å². The molecule has 3 aromatic rings. The van der Waals surface area contributed by atoms with Crippen LogP contribution in [0.25, 0.3) is 10.9 Å². The molecule has 8 heteroatoms. The molecule has 2 heterocycles. The van der Waals surface area contributed by atoms with E-state index in [-0.39, 0.29) is 12.8 Å². The fourth-order valence-corrected chi connectivity index (χ4v) is 4.20. The van der Waals surface area contributed by atoms with Crippen molar-refractivity contribution >= 4 is 39.6 Å². The lowest BCUT2D eigenvalue weighted by molar-refractivity contribution is -0.0368. The summed E-state index contributed by atoms with van der Waals surface area (Å²) in [5.41, 5.74) is 2.02. The topological polar surface area (TPSA) is 74.6 Å². The number of benzene rings is 2. The molecule has 1 aliphatic rings. The van der Waals surface area contributed by atoms with Gasteiger partial charge in [0, 0.05) is 18.5 Å². The van der Waals surface area contributed by atoms with Gasteiger partial charge < -0.3 is 19.5 Å². The normalized spacial score (nSPS) is 16.2. The van der Waals surface area contributed by atoms with Gasteiger partial charge in [0.1, 0.15) is 16.1 Å². The third-order valence-electron chi connectivity index (χ3n) is 5.13. The summed E-state index contributed by atoms with van der Waals surface area (Å²) in [4.78, 5) is 11.8. The van der Waals surface area contributed by atoms with Gasteiger partial charge in [-0.1, -0.05) is 30.3 Å². The monoisotopic (exact) mass is 535 g/mol. The zero-order chi connectivity index (χ0) is 21.5. The van der Waals surface area contributed by atoms with Crippen LogP contribution in [0.3, 0.4) is 0 Å². The van der Waals surface area contributed by atoms with Gasteiger partial charge in [0.05, 0.1) is 12.1 Å². The SMILES string of the molecule is O=C(NCCCOc1ccc2c(c1)c(I)nn2C1CCCCO1)OCc1ccccc1. The lowest BCUT2D eigenvalue weighted by Gasteiger charge is -2.23. The van der Waals surface area contributed by atoms with Crippen LogP contribution in [-0.4, -0.2) is 35.6 Å². The lowest BCUT2D eigenvalue weighted by Crippen LogP contribution is -2.26. The Balaban J connectivity index is 1.22. The number of carbonyl (C=O) groups excluding carboxylic acids is 1. The Bertz CT molecular complexity index is 1000. The Morgan fingerprint density at radius 2 is 2.10 bits per heavy atom. The van der Waals surface area contributed by atoms with Crippen LogP contribution in [0.4, 0.5) is 4.79 Å². The molecular weight excluding hydrogens is 509 g/mol. The highest BCUT2D eigenvalue weighted by molar-refractivity contribution is 14.1. The lowest BCUT2D eigenvalue weighted by atomic mass is 10.2. The number of aromatic nitrogens is 2. The third-order valence-corrected chi connectivity index (χ3v) is 5.93. The summed E-state index contributed by atoms with van der Waals surface area (Å²) in [5.74, 6) is 0.793. The van der Waals surface area contributed by atoms with Gasteiger partial charge >= 0.3 is 6.09 Å². The molecule has 0 spiro atoms. The number of hydrogen-bond acceptors (Lipinski definition) is 5. The second-order valence-corrected chi connectivity index (χ2v) is 8.45. The van der Waals surface area contributed by atoms with E-state index in [9.17, 15) is 4.79 Å². The fraction of sp³-hybridized carbons (Fsp3) is 0.391. The Hall–Kier alpha value is -2.33. The average Bonchev–Trinajstić information content (AvgIpc) is 3.14. The van der Waals surface area contributed by atoms with E-state index in [0.717, 1.165) is 51.8 Å². The van der Waals surface area contributed by atoms with E-state index >= 15 is 0 Å². The molecule has 2 aromatic carbocycles. The maximum atomic E-state index is 11.8. The molecule has 1 fully saturated rings. The van der Waals surface area contributed by atoms with Gasteiger partial charge in [-0.15, -0.1) is 0 Å². The zero-order valence-corrected chi connectivity index (χ0v) is 19.4. The van der Waals surface area contributed by atoms with E-state index < -0.39 is 6.09 Å². The Labute approximate surface area is 195 Å². The summed E-state index contributed by atoms with van der Waals surface area (Å²) in [6, 6.07) is 15.6. The van der Waals surface area contributed by atoms with Crippen LogP contribution in [0.15, 0.2) is 48.5 Å². The van der Waals surface area contributed by atoms with Crippen molar-refractivity contribution in [1.82, 2.24) is 15.1 Å². The zero-order valence-electron chi connectivity index (χ0n) is 17.3. The Morgan fingerprint density at radius 3 is 2.90 bits per heavy atom. The van der Waals surface area contributed by atoms with Crippen LogP contribution in [0.5, 0.6) is 5.75 Å². The maximum Gasteiger partial charge on any atom is 0.407 e. The third kappa shape index (κ3) is 5.88. The van der Waals surface area contributed by atoms with Crippen LogP contribution in [0, 0.1) is 3.70 Å². The minimum Gasteiger partial charge on any atom is -0.494 e. The van der Waals surface area contributed by atoms with Gasteiger partial charge in [-0.2, -0.15) is 5.10 Å². The molecule has 1 unspecified atom stereocenters. The first kappa shape index (κ1) is 21.9. The molecule has 0 radical (unpaired) electrons. The largest absolute Gasteiger partial charge is 0.494 e. The first-order valence-electron chi connectivity index (χ1n) is 10.6.